The van der Waals surface area contributed by atoms with E-state index in [1.807, 2.05) is 0 Å². The summed E-state index contributed by atoms with van der Waals surface area (Å²) in [5.41, 5.74) is 0.529. The normalized spacial score (nSPS) is 19.3. The molecule has 1 unspecified atom stereocenters. The summed E-state index contributed by atoms with van der Waals surface area (Å²) in [5.74, 6) is -0.556. The number of aliphatic hydroxyl groups excluding tert-OH is 1. The van der Waals surface area contributed by atoms with Crippen LogP contribution in [0.1, 0.15) is 31.2 Å². The van der Waals surface area contributed by atoms with E-state index in [0.29, 0.717) is 18.5 Å². The second-order valence-electron chi connectivity index (χ2n) is 6.03. The monoisotopic (exact) mass is 344 g/mol. The summed E-state index contributed by atoms with van der Waals surface area (Å²) in [6.07, 6.45) is 3.71. The molecule has 1 atom stereocenters. The van der Waals surface area contributed by atoms with E-state index in [1.165, 1.54) is 12.1 Å². The van der Waals surface area contributed by atoms with Gasteiger partial charge in [0, 0.05) is 12.6 Å². The number of rotatable bonds is 8. The van der Waals surface area contributed by atoms with E-state index in [9.17, 15) is 17.9 Å². The number of aliphatic hydroxyl groups is 1. The predicted molar refractivity (Wildman–Crippen MR) is 87.2 cm³/mol. The molecular formula is C16H25FN2O3S. The Kier molecular flexibility index (Phi) is 6.52. The molecule has 2 N–H and O–H groups in total. The number of sulfonamides is 1. The SMILES string of the molecule is Cc1ccc(F)cc1S(=O)(=O)NCCCCN1CCCC1CO. The Labute approximate surface area is 137 Å². The lowest BCUT2D eigenvalue weighted by atomic mass is 10.2. The first-order valence-electron chi connectivity index (χ1n) is 8.05. The molecule has 1 aromatic rings. The van der Waals surface area contributed by atoms with Crippen molar-refractivity contribution in [2.75, 3.05) is 26.2 Å². The molecule has 130 valence electrons. The molecule has 0 bridgehead atoms. The highest BCUT2D eigenvalue weighted by Gasteiger charge is 2.23. The van der Waals surface area contributed by atoms with Gasteiger partial charge in [0.15, 0.2) is 0 Å². The molecule has 0 spiro atoms. The molecule has 0 aromatic heterocycles. The van der Waals surface area contributed by atoms with Crippen molar-refractivity contribution in [2.45, 2.75) is 43.5 Å². The number of nitrogens with zero attached hydrogens (tertiary/aromatic N) is 1. The van der Waals surface area contributed by atoms with Gasteiger partial charge in [0.1, 0.15) is 5.82 Å². The molecule has 1 aliphatic heterocycles. The van der Waals surface area contributed by atoms with Gasteiger partial charge in [-0.3, -0.25) is 4.90 Å². The van der Waals surface area contributed by atoms with Crippen LogP contribution in [-0.2, 0) is 10.0 Å². The van der Waals surface area contributed by atoms with Crippen LogP contribution >= 0.6 is 0 Å². The van der Waals surface area contributed by atoms with Crippen molar-refractivity contribution in [3.63, 3.8) is 0 Å². The van der Waals surface area contributed by atoms with Crippen LogP contribution in [0, 0.1) is 12.7 Å². The maximum absolute atomic E-state index is 13.2. The zero-order valence-corrected chi connectivity index (χ0v) is 14.3. The Morgan fingerprint density at radius 2 is 2.17 bits per heavy atom. The second kappa shape index (κ2) is 8.19. The number of benzene rings is 1. The maximum Gasteiger partial charge on any atom is 0.240 e. The van der Waals surface area contributed by atoms with E-state index in [4.69, 9.17) is 0 Å². The molecule has 1 aliphatic rings. The maximum atomic E-state index is 13.2. The fraction of sp³-hybridized carbons (Fsp3) is 0.625. The molecule has 1 heterocycles. The van der Waals surface area contributed by atoms with Gasteiger partial charge in [0.25, 0.3) is 0 Å². The quantitative estimate of drug-likeness (QED) is 0.704. The molecule has 5 nitrogen and oxygen atoms in total. The van der Waals surface area contributed by atoms with Gasteiger partial charge >= 0.3 is 0 Å². The van der Waals surface area contributed by atoms with Gasteiger partial charge in [0.2, 0.25) is 10.0 Å². The lowest BCUT2D eigenvalue weighted by Crippen LogP contribution is -2.33. The lowest BCUT2D eigenvalue weighted by Gasteiger charge is -2.22. The fourth-order valence-electron chi connectivity index (χ4n) is 2.98. The van der Waals surface area contributed by atoms with Gasteiger partial charge in [-0.25, -0.2) is 17.5 Å². The number of likely N-dealkylation sites (tertiary alicyclic amines) is 1. The van der Waals surface area contributed by atoms with Crippen molar-refractivity contribution < 1.29 is 17.9 Å². The second-order valence-corrected chi connectivity index (χ2v) is 7.76. The average Bonchev–Trinajstić information content (AvgIpc) is 2.96. The minimum absolute atomic E-state index is 0.00242. The summed E-state index contributed by atoms with van der Waals surface area (Å²) < 4.78 is 40.2. The van der Waals surface area contributed by atoms with Crippen molar-refractivity contribution in [2.24, 2.45) is 0 Å². The summed E-state index contributed by atoms with van der Waals surface area (Å²) in [6.45, 7) is 4.03. The highest BCUT2D eigenvalue weighted by molar-refractivity contribution is 7.89. The van der Waals surface area contributed by atoms with Crippen LogP contribution < -0.4 is 4.72 Å². The van der Waals surface area contributed by atoms with Gasteiger partial charge in [0.05, 0.1) is 11.5 Å². The third-order valence-electron chi connectivity index (χ3n) is 4.31. The Morgan fingerprint density at radius 1 is 1.39 bits per heavy atom. The number of halogens is 1. The average molecular weight is 344 g/mol. The number of hydrogen-bond acceptors (Lipinski definition) is 4. The predicted octanol–water partition coefficient (Wildman–Crippen LogP) is 1.65. The molecule has 0 amide bonds. The van der Waals surface area contributed by atoms with Gasteiger partial charge in [-0.2, -0.15) is 0 Å². The van der Waals surface area contributed by atoms with E-state index in [1.54, 1.807) is 6.92 Å². The van der Waals surface area contributed by atoms with Crippen molar-refractivity contribution in [1.82, 2.24) is 9.62 Å². The first-order chi connectivity index (χ1) is 10.9. The van der Waals surface area contributed by atoms with Crippen LogP contribution in [0.3, 0.4) is 0 Å². The van der Waals surface area contributed by atoms with Crippen LogP contribution in [0.2, 0.25) is 0 Å². The number of aryl methyl sites for hydroxylation is 1. The van der Waals surface area contributed by atoms with Crippen molar-refractivity contribution in [3.8, 4) is 0 Å². The summed E-state index contributed by atoms with van der Waals surface area (Å²) >= 11 is 0. The van der Waals surface area contributed by atoms with Gasteiger partial charge in [-0.1, -0.05) is 6.07 Å². The first-order valence-corrected chi connectivity index (χ1v) is 9.53. The zero-order chi connectivity index (χ0) is 16.9. The van der Waals surface area contributed by atoms with Crippen molar-refractivity contribution in [1.29, 1.82) is 0 Å². The van der Waals surface area contributed by atoms with Crippen LogP contribution in [0.4, 0.5) is 4.39 Å². The molecule has 1 fully saturated rings. The Balaban J connectivity index is 1.78. The van der Waals surface area contributed by atoms with Crippen LogP contribution in [0.5, 0.6) is 0 Å². The molecule has 2 rings (SSSR count). The minimum atomic E-state index is -3.67. The molecule has 23 heavy (non-hydrogen) atoms. The Morgan fingerprint density at radius 3 is 2.91 bits per heavy atom. The summed E-state index contributed by atoms with van der Waals surface area (Å²) in [4.78, 5) is 2.25. The van der Waals surface area contributed by atoms with E-state index in [2.05, 4.69) is 9.62 Å². The number of unbranched alkanes of at least 4 members (excludes halogenated alkanes) is 1. The van der Waals surface area contributed by atoms with Crippen LogP contribution in [0.25, 0.3) is 0 Å². The number of nitrogens with one attached hydrogen (secondary N) is 1. The van der Waals surface area contributed by atoms with Crippen molar-refractivity contribution >= 4 is 10.0 Å². The highest BCUT2D eigenvalue weighted by Crippen LogP contribution is 2.18. The zero-order valence-electron chi connectivity index (χ0n) is 13.5. The number of hydrogen-bond donors (Lipinski definition) is 2. The van der Waals surface area contributed by atoms with Crippen molar-refractivity contribution in [3.05, 3.63) is 29.6 Å². The molecule has 0 radical (unpaired) electrons. The molecule has 0 saturated carbocycles. The van der Waals surface area contributed by atoms with E-state index in [-0.39, 0.29) is 17.5 Å². The Hall–Kier alpha value is -1.02. The Bertz CT molecular complexity index is 622. The molecule has 0 aliphatic carbocycles. The van der Waals surface area contributed by atoms with Gasteiger partial charge < -0.3 is 5.11 Å². The molecule has 7 heteroatoms. The standard InChI is InChI=1S/C16H25FN2O3S/c1-13-6-7-14(17)11-16(13)23(21,22)18-8-2-3-9-19-10-4-5-15(19)12-20/h6-7,11,15,18,20H,2-5,8-10,12H2,1H3. The fourth-order valence-corrected chi connectivity index (χ4v) is 4.31. The first kappa shape index (κ1) is 18.3. The molecule has 1 aromatic carbocycles. The van der Waals surface area contributed by atoms with E-state index < -0.39 is 15.8 Å². The van der Waals surface area contributed by atoms with Crippen LogP contribution in [0.15, 0.2) is 23.1 Å². The smallest absolute Gasteiger partial charge is 0.240 e. The largest absolute Gasteiger partial charge is 0.395 e. The summed E-state index contributed by atoms with van der Waals surface area (Å²) in [5, 5.41) is 9.26. The van der Waals surface area contributed by atoms with Gasteiger partial charge in [-0.15, -0.1) is 0 Å². The highest BCUT2D eigenvalue weighted by atomic mass is 32.2. The minimum Gasteiger partial charge on any atom is -0.395 e. The van der Waals surface area contributed by atoms with E-state index in [0.717, 1.165) is 38.4 Å². The van der Waals surface area contributed by atoms with E-state index >= 15 is 0 Å². The topological polar surface area (TPSA) is 69.6 Å². The molecule has 1 saturated heterocycles. The van der Waals surface area contributed by atoms with Gasteiger partial charge in [-0.05, 0) is 63.4 Å². The third kappa shape index (κ3) is 4.97. The summed E-state index contributed by atoms with van der Waals surface area (Å²) in [7, 11) is -3.67. The third-order valence-corrected chi connectivity index (χ3v) is 5.92. The lowest BCUT2D eigenvalue weighted by molar-refractivity contribution is 0.157. The van der Waals surface area contributed by atoms with Crippen LogP contribution in [-0.4, -0.2) is 50.7 Å². The molecular weight excluding hydrogens is 319 g/mol. The summed E-state index contributed by atoms with van der Waals surface area (Å²) in [6, 6.07) is 4.02.